The van der Waals surface area contributed by atoms with Crippen molar-refractivity contribution in [3.05, 3.63) is 83.7 Å². The first-order chi connectivity index (χ1) is 11.7. The minimum atomic E-state index is -0.973. The normalized spacial score (nSPS) is 9.88. The second-order valence-electron chi connectivity index (χ2n) is 5.18. The molecule has 0 fully saturated rings. The fraction of sp³-hybridized carbons (Fsp3) is 0.0500. The summed E-state index contributed by atoms with van der Waals surface area (Å²) < 4.78 is 1.78. The number of rotatable bonds is 3. The van der Waals surface area contributed by atoms with E-state index >= 15 is 0 Å². The molecule has 4 nitrogen and oxygen atoms in total. The van der Waals surface area contributed by atoms with Gasteiger partial charge in [-0.05, 0) is 42.5 Å². The molecule has 24 heavy (non-hydrogen) atoms. The smallest absolute Gasteiger partial charge is 0.337 e. The number of carboxylic acids is 1. The van der Waals surface area contributed by atoms with Crippen LogP contribution in [0.3, 0.4) is 0 Å². The Balaban J connectivity index is 2.11. The number of benzene rings is 2. The largest absolute Gasteiger partial charge is 0.478 e. The van der Waals surface area contributed by atoms with Gasteiger partial charge in [0, 0.05) is 36.3 Å². The van der Waals surface area contributed by atoms with E-state index in [0.717, 1.165) is 11.3 Å². The highest BCUT2D eigenvalue weighted by Gasteiger charge is 2.14. The summed E-state index contributed by atoms with van der Waals surface area (Å²) in [6.45, 7) is 0. The van der Waals surface area contributed by atoms with Crippen LogP contribution >= 0.6 is 0 Å². The molecule has 4 heteroatoms. The van der Waals surface area contributed by atoms with Crippen LogP contribution < -0.4 is 5.32 Å². The Morgan fingerprint density at radius 1 is 1.04 bits per heavy atom. The number of aromatic nitrogens is 1. The van der Waals surface area contributed by atoms with E-state index in [1.165, 1.54) is 0 Å². The van der Waals surface area contributed by atoms with Crippen LogP contribution in [0.2, 0.25) is 0 Å². The van der Waals surface area contributed by atoms with Crippen LogP contribution in [0.4, 0.5) is 5.69 Å². The van der Waals surface area contributed by atoms with Gasteiger partial charge in [0.05, 0.1) is 11.3 Å². The third-order valence-corrected chi connectivity index (χ3v) is 3.62. The van der Waals surface area contributed by atoms with E-state index in [4.69, 9.17) is 0 Å². The molecule has 0 aliphatic rings. The van der Waals surface area contributed by atoms with Gasteiger partial charge in [0.1, 0.15) is 0 Å². The number of anilines is 1. The first-order valence-corrected chi connectivity index (χ1v) is 7.48. The van der Waals surface area contributed by atoms with Crippen molar-refractivity contribution in [2.75, 3.05) is 12.4 Å². The van der Waals surface area contributed by atoms with E-state index in [-0.39, 0.29) is 5.56 Å². The van der Waals surface area contributed by atoms with Crippen molar-refractivity contribution in [1.82, 2.24) is 4.57 Å². The lowest BCUT2D eigenvalue weighted by atomic mass is 10.1. The fourth-order valence-corrected chi connectivity index (χ4v) is 2.47. The Kier molecular flexibility index (Phi) is 4.35. The van der Waals surface area contributed by atoms with Crippen molar-refractivity contribution in [1.29, 1.82) is 0 Å². The van der Waals surface area contributed by atoms with Gasteiger partial charge in [-0.15, -0.1) is 0 Å². The van der Waals surface area contributed by atoms with Gasteiger partial charge in [0.25, 0.3) is 0 Å². The lowest BCUT2D eigenvalue weighted by molar-refractivity contribution is 0.0697. The predicted molar refractivity (Wildman–Crippen MR) is 94.7 cm³/mol. The number of hydrogen-bond donors (Lipinski definition) is 2. The highest BCUT2D eigenvalue weighted by Crippen LogP contribution is 2.20. The predicted octanol–water partition coefficient (Wildman–Crippen LogP) is 3.62. The number of nitrogens with zero attached hydrogens (tertiary/aromatic N) is 1. The van der Waals surface area contributed by atoms with Crippen LogP contribution in [-0.2, 0) is 0 Å². The van der Waals surface area contributed by atoms with E-state index in [1.807, 2.05) is 61.9 Å². The van der Waals surface area contributed by atoms with Crippen molar-refractivity contribution in [2.45, 2.75) is 0 Å². The van der Waals surface area contributed by atoms with Gasteiger partial charge in [0.15, 0.2) is 0 Å². The minimum Gasteiger partial charge on any atom is -0.478 e. The van der Waals surface area contributed by atoms with Gasteiger partial charge in [0.2, 0.25) is 0 Å². The van der Waals surface area contributed by atoms with Crippen molar-refractivity contribution >= 4 is 11.7 Å². The van der Waals surface area contributed by atoms with E-state index in [2.05, 4.69) is 17.2 Å². The number of carboxylic acid groups (broad SMARTS) is 1. The Bertz CT molecular complexity index is 932. The molecule has 0 aliphatic carbocycles. The van der Waals surface area contributed by atoms with Crippen LogP contribution in [0.15, 0.2) is 67.0 Å². The average Bonchev–Trinajstić information content (AvgIpc) is 3.14. The van der Waals surface area contributed by atoms with Crippen molar-refractivity contribution in [2.24, 2.45) is 0 Å². The van der Waals surface area contributed by atoms with Crippen LogP contribution in [0, 0.1) is 11.8 Å². The SMILES string of the molecule is CNc1cccc(C#Cc2cccc(C(=O)O)c2-n2cccc2)c1. The second-order valence-corrected chi connectivity index (χ2v) is 5.18. The Labute approximate surface area is 140 Å². The maximum absolute atomic E-state index is 11.6. The third-order valence-electron chi connectivity index (χ3n) is 3.62. The molecule has 0 saturated heterocycles. The quantitative estimate of drug-likeness (QED) is 0.726. The maximum atomic E-state index is 11.6. The number of aromatic carboxylic acids is 1. The summed E-state index contributed by atoms with van der Waals surface area (Å²) in [5.41, 5.74) is 3.31. The summed E-state index contributed by atoms with van der Waals surface area (Å²) in [5, 5.41) is 12.5. The van der Waals surface area contributed by atoms with E-state index in [0.29, 0.717) is 11.3 Å². The molecule has 0 unspecified atom stereocenters. The summed E-state index contributed by atoms with van der Waals surface area (Å²) in [7, 11) is 1.85. The molecule has 0 aliphatic heterocycles. The summed E-state index contributed by atoms with van der Waals surface area (Å²) in [4.78, 5) is 11.6. The molecule has 118 valence electrons. The minimum absolute atomic E-state index is 0.224. The Hall–Kier alpha value is -3.45. The number of carbonyl (C=O) groups is 1. The molecule has 0 atom stereocenters. The lowest BCUT2D eigenvalue weighted by Crippen LogP contribution is -2.06. The molecule has 0 bridgehead atoms. The van der Waals surface area contributed by atoms with Crippen molar-refractivity contribution < 1.29 is 9.90 Å². The van der Waals surface area contributed by atoms with Gasteiger partial charge >= 0.3 is 5.97 Å². The standard InChI is InChI=1S/C20H16N2O2/c1-21-17-8-4-6-15(14-17)10-11-16-7-5-9-18(20(23)24)19(16)22-12-2-3-13-22/h2-9,12-14,21H,1H3,(H,23,24). The second kappa shape index (κ2) is 6.76. The molecule has 0 saturated carbocycles. The van der Waals surface area contributed by atoms with Crippen LogP contribution in [0.1, 0.15) is 21.5 Å². The van der Waals surface area contributed by atoms with Crippen molar-refractivity contribution in [3.8, 4) is 17.5 Å². The van der Waals surface area contributed by atoms with Gasteiger partial charge in [-0.1, -0.05) is 24.0 Å². The molecule has 2 N–H and O–H groups in total. The van der Waals surface area contributed by atoms with Gasteiger partial charge < -0.3 is 15.0 Å². The van der Waals surface area contributed by atoms with E-state index < -0.39 is 5.97 Å². The Morgan fingerprint density at radius 2 is 1.79 bits per heavy atom. The zero-order valence-corrected chi connectivity index (χ0v) is 13.2. The monoisotopic (exact) mass is 316 g/mol. The molecule has 2 aromatic carbocycles. The first-order valence-electron chi connectivity index (χ1n) is 7.48. The van der Waals surface area contributed by atoms with Crippen LogP contribution in [0.5, 0.6) is 0 Å². The number of nitrogens with one attached hydrogen (secondary N) is 1. The summed E-state index contributed by atoms with van der Waals surface area (Å²) >= 11 is 0. The van der Waals surface area contributed by atoms with Gasteiger partial charge in [-0.2, -0.15) is 0 Å². The fourth-order valence-electron chi connectivity index (χ4n) is 2.47. The van der Waals surface area contributed by atoms with Crippen molar-refractivity contribution in [3.63, 3.8) is 0 Å². The zero-order chi connectivity index (χ0) is 16.9. The summed E-state index contributed by atoms with van der Waals surface area (Å²) in [6.07, 6.45) is 3.63. The lowest BCUT2D eigenvalue weighted by Gasteiger charge is -2.10. The van der Waals surface area contributed by atoms with E-state index in [9.17, 15) is 9.90 Å². The molecule has 0 radical (unpaired) electrons. The molecule has 1 aromatic heterocycles. The molecular formula is C20H16N2O2. The van der Waals surface area contributed by atoms with E-state index in [1.54, 1.807) is 16.7 Å². The topological polar surface area (TPSA) is 54.3 Å². The molecular weight excluding hydrogens is 300 g/mol. The molecule has 0 amide bonds. The van der Waals surface area contributed by atoms with Gasteiger partial charge in [-0.3, -0.25) is 0 Å². The molecule has 1 heterocycles. The number of hydrogen-bond acceptors (Lipinski definition) is 2. The highest BCUT2D eigenvalue weighted by molar-refractivity contribution is 5.93. The Morgan fingerprint density at radius 3 is 2.50 bits per heavy atom. The van der Waals surface area contributed by atoms with Gasteiger partial charge in [-0.25, -0.2) is 4.79 Å². The number of para-hydroxylation sites is 1. The zero-order valence-electron chi connectivity index (χ0n) is 13.2. The third kappa shape index (κ3) is 3.16. The summed E-state index contributed by atoms with van der Waals surface area (Å²) in [6, 6.07) is 16.6. The van der Waals surface area contributed by atoms with Crippen LogP contribution in [0.25, 0.3) is 5.69 Å². The first kappa shape index (κ1) is 15.4. The highest BCUT2D eigenvalue weighted by atomic mass is 16.4. The molecule has 0 spiro atoms. The summed E-state index contributed by atoms with van der Waals surface area (Å²) in [5.74, 6) is 5.24. The molecule has 3 aromatic rings. The average molecular weight is 316 g/mol. The maximum Gasteiger partial charge on any atom is 0.337 e. The van der Waals surface area contributed by atoms with Crippen LogP contribution in [-0.4, -0.2) is 22.7 Å². The molecule has 3 rings (SSSR count).